The molecule has 0 unspecified atom stereocenters. The van der Waals surface area contributed by atoms with Crippen molar-refractivity contribution in [3.8, 4) is 11.5 Å². The molecule has 2 heterocycles. The number of H-pyrrole nitrogens is 1. The number of rotatable bonds is 5. The number of nitrogen functional groups attached to an aromatic ring is 1. The van der Waals surface area contributed by atoms with Crippen LogP contribution in [-0.2, 0) is 16.2 Å². The molecule has 1 amide bonds. The second-order valence-electron chi connectivity index (χ2n) is 3.18. The lowest BCUT2D eigenvalue weighted by atomic mass is 10.5. The van der Waals surface area contributed by atoms with Gasteiger partial charge in [-0.15, -0.1) is 11.3 Å². The summed E-state index contributed by atoms with van der Waals surface area (Å²) in [6.07, 6.45) is 2.41. The Labute approximate surface area is 106 Å². The maximum atomic E-state index is 10.2. The van der Waals surface area contributed by atoms with Crippen LogP contribution in [0, 0.1) is 0 Å². The number of anilines is 1. The fraction of sp³-hybridized carbons (Fsp3) is 0.111. The molecule has 9 heteroatoms. The number of imidazole rings is 1. The number of oxime groups is 1. The van der Waals surface area contributed by atoms with E-state index in [4.69, 9.17) is 16.3 Å². The average molecular weight is 265 g/mol. The summed E-state index contributed by atoms with van der Waals surface area (Å²) in [5.74, 6) is -0.335. The van der Waals surface area contributed by atoms with Crippen LogP contribution in [0.1, 0.15) is 5.69 Å². The van der Waals surface area contributed by atoms with Gasteiger partial charge in [0.1, 0.15) is 11.9 Å². The van der Waals surface area contributed by atoms with Crippen molar-refractivity contribution >= 4 is 28.6 Å². The number of hydrogen-bond acceptors (Lipinski definition) is 7. The molecule has 0 saturated heterocycles. The van der Waals surface area contributed by atoms with Gasteiger partial charge in [-0.05, 0) is 0 Å². The predicted octanol–water partition coefficient (Wildman–Crippen LogP) is 0.427. The standard InChI is InChI=1S/C9H9N6O2S/c10-7(16)2-13-17-3-5-1-12-8(14-5)6-4-18-9(11)15-6/h1-2,4,10H,3H2,(H2,11,15)(H,12,14). The van der Waals surface area contributed by atoms with Gasteiger partial charge in [0.2, 0.25) is 0 Å². The van der Waals surface area contributed by atoms with Gasteiger partial charge in [-0.1, -0.05) is 5.16 Å². The van der Waals surface area contributed by atoms with E-state index < -0.39 is 5.91 Å². The Hall–Kier alpha value is -2.42. The van der Waals surface area contributed by atoms with Crippen LogP contribution in [0.3, 0.4) is 0 Å². The third-order valence-corrected chi connectivity index (χ3v) is 2.53. The SMILES string of the molecule is [NH]C(=O)C=NOCc1c[nH]c(-c2csc(N)n2)n1. The van der Waals surface area contributed by atoms with Crippen molar-refractivity contribution in [2.24, 2.45) is 5.16 Å². The topological polar surface area (TPSA) is 130 Å². The van der Waals surface area contributed by atoms with Gasteiger partial charge < -0.3 is 15.6 Å². The summed E-state index contributed by atoms with van der Waals surface area (Å²) in [7, 11) is 0. The van der Waals surface area contributed by atoms with E-state index in [1.54, 1.807) is 11.6 Å². The van der Waals surface area contributed by atoms with Crippen LogP contribution >= 0.6 is 11.3 Å². The first-order valence-electron chi connectivity index (χ1n) is 4.81. The van der Waals surface area contributed by atoms with Crippen LogP contribution in [0.2, 0.25) is 0 Å². The van der Waals surface area contributed by atoms with E-state index in [1.165, 1.54) is 11.3 Å². The summed E-state index contributed by atoms with van der Waals surface area (Å²) in [6, 6.07) is 0. The first-order chi connectivity index (χ1) is 8.65. The Balaban J connectivity index is 1.96. The van der Waals surface area contributed by atoms with Gasteiger partial charge in [-0.25, -0.2) is 9.97 Å². The lowest BCUT2D eigenvalue weighted by Gasteiger charge is -1.93. The molecule has 1 radical (unpaired) electrons. The van der Waals surface area contributed by atoms with Crippen molar-refractivity contribution in [2.75, 3.05) is 5.73 Å². The Bertz CT molecular complexity index is 575. The van der Waals surface area contributed by atoms with Crippen molar-refractivity contribution in [3.63, 3.8) is 0 Å². The molecular formula is C9H9N6O2S. The summed E-state index contributed by atoms with van der Waals surface area (Å²) in [5, 5.41) is 5.56. The number of carbonyl (C=O) groups excluding carboxylic acids is 1. The van der Waals surface area contributed by atoms with Crippen molar-refractivity contribution in [1.29, 1.82) is 0 Å². The largest absolute Gasteiger partial charge is 0.389 e. The van der Waals surface area contributed by atoms with Gasteiger partial charge in [0.25, 0.3) is 5.91 Å². The van der Waals surface area contributed by atoms with Gasteiger partial charge in [0.15, 0.2) is 17.6 Å². The zero-order valence-electron chi connectivity index (χ0n) is 9.08. The Morgan fingerprint density at radius 2 is 2.50 bits per heavy atom. The molecule has 0 aromatic carbocycles. The summed E-state index contributed by atoms with van der Waals surface area (Å²) in [6.45, 7) is 0.0971. The van der Waals surface area contributed by atoms with Gasteiger partial charge in [-0.3, -0.25) is 10.5 Å². The maximum absolute atomic E-state index is 10.2. The van der Waals surface area contributed by atoms with Crippen molar-refractivity contribution < 1.29 is 9.63 Å². The molecule has 0 fully saturated rings. The lowest BCUT2D eigenvalue weighted by molar-refractivity contribution is -0.112. The Morgan fingerprint density at radius 3 is 3.17 bits per heavy atom. The molecule has 2 aromatic heterocycles. The van der Waals surface area contributed by atoms with Gasteiger partial charge in [0.05, 0.1) is 5.69 Å². The zero-order valence-corrected chi connectivity index (χ0v) is 9.90. The summed E-state index contributed by atoms with van der Waals surface area (Å²) < 4.78 is 0. The second kappa shape index (κ2) is 5.27. The minimum atomic E-state index is -0.921. The highest BCUT2D eigenvalue weighted by atomic mass is 32.1. The number of aromatic nitrogens is 3. The van der Waals surface area contributed by atoms with E-state index in [0.717, 1.165) is 6.21 Å². The third-order valence-electron chi connectivity index (χ3n) is 1.85. The van der Waals surface area contributed by atoms with E-state index >= 15 is 0 Å². The summed E-state index contributed by atoms with van der Waals surface area (Å²) in [5.41, 5.74) is 13.4. The quantitative estimate of drug-likeness (QED) is 0.597. The van der Waals surface area contributed by atoms with Crippen LogP contribution in [0.25, 0.3) is 11.5 Å². The molecule has 2 aromatic rings. The van der Waals surface area contributed by atoms with Crippen LogP contribution in [0.4, 0.5) is 5.13 Å². The monoisotopic (exact) mass is 265 g/mol. The summed E-state index contributed by atoms with van der Waals surface area (Å²) in [4.78, 5) is 26.2. The van der Waals surface area contributed by atoms with Crippen molar-refractivity contribution in [3.05, 3.63) is 17.3 Å². The molecule has 2 rings (SSSR count). The molecule has 0 spiro atoms. The molecule has 0 bridgehead atoms. The number of aromatic amines is 1. The normalized spacial score (nSPS) is 10.9. The molecule has 0 aliphatic rings. The van der Waals surface area contributed by atoms with Gasteiger partial charge >= 0.3 is 0 Å². The molecule has 93 valence electrons. The highest BCUT2D eigenvalue weighted by Crippen LogP contribution is 2.20. The average Bonchev–Trinajstić information content (AvgIpc) is 2.93. The zero-order chi connectivity index (χ0) is 13.0. The molecule has 0 aliphatic carbocycles. The molecule has 0 atom stereocenters. The smallest absolute Gasteiger partial charge is 0.284 e. The number of hydrogen-bond donors (Lipinski definition) is 2. The third kappa shape index (κ3) is 3.04. The van der Waals surface area contributed by atoms with E-state index in [2.05, 4.69) is 20.1 Å². The number of nitrogens with one attached hydrogen (secondary N) is 2. The lowest BCUT2D eigenvalue weighted by Crippen LogP contribution is -1.99. The number of nitrogens with zero attached hydrogens (tertiary/aromatic N) is 3. The molecule has 4 N–H and O–H groups in total. The minimum absolute atomic E-state index is 0.0971. The number of thiazole rings is 1. The van der Waals surface area contributed by atoms with Crippen molar-refractivity contribution in [2.45, 2.75) is 6.61 Å². The first-order valence-corrected chi connectivity index (χ1v) is 5.69. The highest BCUT2D eigenvalue weighted by molar-refractivity contribution is 7.13. The minimum Gasteiger partial charge on any atom is -0.389 e. The Kier molecular flexibility index (Phi) is 3.53. The van der Waals surface area contributed by atoms with E-state index in [0.29, 0.717) is 22.3 Å². The van der Waals surface area contributed by atoms with Crippen molar-refractivity contribution in [1.82, 2.24) is 20.7 Å². The number of nitrogens with two attached hydrogens (primary N) is 1. The number of amides is 1. The predicted molar refractivity (Wildman–Crippen MR) is 65.5 cm³/mol. The van der Waals surface area contributed by atoms with Crippen LogP contribution in [0.5, 0.6) is 0 Å². The highest BCUT2D eigenvalue weighted by Gasteiger charge is 2.07. The summed E-state index contributed by atoms with van der Waals surface area (Å²) >= 11 is 1.33. The molecular weight excluding hydrogens is 256 g/mol. The Morgan fingerprint density at radius 1 is 1.67 bits per heavy atom. The fourth-order valence-corrected chi connectivity index (χ4v) is 1.70. The molecule has 0 aliphatic heterocycles. The first kappa shape index (κ1) is 12.0. The molecule has 18 heavy (non-hydrogen) atoms. The van der Waals surface area contributed by atoms with Gasteiger partial charge in [0, 0.05) is 11.6 Å². The molecule has 0 saturated carbocycles. The maximum Gasteiger partial charge on any atom is 0.284 e. The second-order valence-corrected chi connectivity index (χ2v) is 4.07. The van der Waals surface area contributed by atoms with E-state index in [-0.39, 0.29) is 6.61 Å². The van der Waals surface area contributed by atoms with E-state index in [9.17, 15) is 4.79 Å². The van der Waals surface area contributed by atoms with E-state index in [1.807, 2.05) is 0 Å². The van der Waals surface area contributed by atoms with Crippen LogP contribution in [0.15, 0.2) is 16.7 Å². The van der Waals surface area contributed by atoms with Crippen LogP contribution in [-0.4, -0.2) is 27.1 Å². The molecule has 8 nitrogen and oxygen atoms in total. The number of carbonyl (C=O) groups is 1. The fourth-order valence-electron chi connectivity index (χ4n) is 1.15. The van der Waals surface area contributed by atoms with Gasteiger partial charge in [-0.2, -0.15) is 0 Å². The van der Waals surface area contributed by atoms with Crippen LogP contribution < -0.4 is 11.5 Å².